The molecule has 4 nitrogen and oxygen atoms in total. The van der Waals surface area contributed by atoms with E-state index >= 15 is 0 Å². The second kappa shape index (κ2) is 7.80. The average molecular weight is 485 g/mol. The number of carbonyl (C=O) groups is 1. The normalized spacial score (nSPS) is 22.2. The molecule has 1 aliphatic carbocycles. The van der Waals surface area contributed by atoms with Gasteiger partial charge in [-0.15, -0.1) is 11.8 Å². The summed E-state index contributed by atoms with van der Waals surface area (Å²) >= 11 is 1.56. The number of thioether (sulfide) groups is 1. The predicted octanol–water partition coefficient (Wildman–Crippen LogP) is 6.14. The maximum Gasteiger partial charge on any atom is 0.341 e. The Hall–Kier alpha value is -3.94. The van der Waals surface area contributed by atoms with Crippen molar-refractivity contribution in [1.82, 2.24) is 0 Å². The van der Waals surface area contributed by atoms with Crippen LogP contribution in [0, 0.1) is 34.3 Å². The lowest BCUT2D eigenvalue weighted by molar-refractivity contribution is -0.133. The van der Waals surface area contributed by atoms with Gasteiger partial charge in [-0.1, -0.05) is 24.3 Å². The number of nitrogens with zero attached hydrogens (tertiary/aromatic N) is 2. The van der Waals surface area contributed by atoms with Crippen LogP contribution in [0.2, 0.25) is 0 Å². The highest BCUT2D eigenvalue weighted by atomic mass is 32.2. The molecule has 0 unspecified atom stereocenters. The third kappa shape index (κ3) is 2.92. The van der Waals surface area contributed by atoms with Crippen LogP contribution in [0.25, 0.3) is 0 Å². The topological polar surface area (TPSA) is 73.9 Å². The van der Waals surface area contributed by atoms with Gasteiger partial charge >= 0.3 is 5.97 Å². The zero-order chi connectivity index (χ0) is 25.1. The second-order valence-electron chi connectivity index (χ2n) is 8.76. The molecule has 7 heteroatoms. The van der Waals surface area contributed by atoms with Gasteiger partial charge in [0.2, 0.25) is 0 Å². The van der Waals surface area contributed by atoms with Crippen molar-refractivity contribution in [1.29, 1.82) is 10.5 Å². The summed E-state index contributed by atoms with van der Waals surface area (Å²) in [6, 6.07) is 15.4. The van der Waals surface area contributed by atoms with Crippen LogP contribution in [-0.4, -0.2) is 10.7 Å². The Morgan fingerprint density at radius 3 is 1.94 bits per heavy atom. The van der Waals surface area contributed by atoms with E-state index in [2.05, 4.69) is 0 Å². The number of nitriles is 2. The first-order chi connectivity index (χ1) is 16.7. The van der Waals surface area contributed by atoms with Crippen LogP contribution in [-0.2, 0) is 14.9 Å². The summed E-state index contributed by atoms with van der Waals surface area (Å²) in [5.74, 6) is -1.66. The Morgan fingerprint density at radius 2 is 1.46 bits per heavy atom. The Morgan fingerprint density at radius 1 is 0.943 bits per heavy atom. The van der Waals surface area contributed by atoms with Crippen LogP contribution in [0.1, 0.15) is 31.9 Å². The molecule has 172 valence electrons. The van der Waals surface area contributed by atoms with E-state index in [4.69, 9.17) is 4.74 Å². The van der Waals surface area contributed by atoms with E-state index in [1.54, 1.807) is 36.0 Å². The lowest BCUT2D eigenvalue weighted by Crippen LogP contribution is -2.53. The Bertz CT molecular complexity index is 1460. The molecule has 2 aliphatic heterocycles. The summed E-state index contributed by atoms with van der Waals surface area (Å²) < 4.78 is 32.9. The molecule has 0 aromatic heterocycles. The standard InChI is InChI=1S/C28H18F2N2O2S/c1-15-12-22-16(2)23-24(26(33)34-25(23)17(13-31)14-32)28(27(22,3)35-15,18-4-8-20(29)9-5-18)19-6-10-21(30)11-7-19/h4-12H,1-3H3/t27-/m1/s1. The van der Waals surface area contributed by atoms with Crippen LogP contribution in [0.15, 0.2) is 93.1 Å². The number of hydrogen-bond acceptors (Lipinski definition) is 5. The van der Waals surface area contributed by atoms with E-state index < -0.39 is 27.8 Å². The third-order valence-corrected chi connectivity index (χ3v) is 8.35. The second-order valence-corrected chi connectivity index (χ2v) is 10.4. The molecule has 2 heterocycles. The van der Waals surface area contributed by atoms with Crippen molar-refractivity contribution in [3.63, 3.8) is 0 Å². The average Bonchev–Trinajstić information content (AvgIpc) is 3.34. The number of benzene rings is 2. The first kappa shape index (κ1) is 22.8. The number of ether oxygens (including phenoxy) is 1. The predicted molar refractivity (Wildman–Crippen MR) is 127 cm³/mol. The number of fused-ring (bicyclic) bond motifs is 1. The zero-order valence-corrected chi connectivity index (χ0v) is 19.9. The lowest BCUT2D eigenvalue weighted by atomic mass is 9.55. The van der Waals surface area contributed by atoms with E-state index in [1.807, 2.05) is 39.0 Å². The number of halogens is 2. The molecule has 0 bridgehead atoms. The van der Waals surface area contributed by atoms with Gasteiger partial charge in [-0.3, -0.25) is 0 Å². The number of rotatable bonds is 2. The first-order valence-corrected chi connectivity index (χ1v) is 11.6. The number of hydrogen-bond donors (Lipinski definition) is 0. The fraction of sp³-hybridized carbons (Fsp3) is 0.179. The van der Waals surface area contributed by atoms with Gasteiger partial charge < -0.3 is 4.74 Å². The monoisotopic (exact) mass is 484 g/mol. The number of cyclic esters (lactones) is 1. The van der Waals surface area contributed by atoms with E-state index in [0.29, 0.717) is 16.7 Å². The quantitative estimate of drug-likeness (QED) is 0.378. The van der Waals surface area contributed by atoms with Crippen molar-refractivity contribution in [2.75, 3.05) is 0 Å². The molecule has 3 aliphatic rings. The van der Waals surface area contributed by atoms with E-state index in [-0.39, 0.29) is 16.9 Å². The first-order valence-electron chi connectivity index (χ1n) is 10.8. The van der Waals surface area contributed by atoms with Gasteiger partial charge in [0.05, 0.1) is 15.7 Å². The summed E-state index contributed by atoms with van der Waals surface area (Å²) in [6.45, 7) is 5.81. The van der Waals surface area contributed by atoms with Crippen molar-refractivity contribution < 1.29 is 18.3 Å². The van der Waals surface area contributed by atoms with Crippen molar-refractivity contribution in [3.8, 4) is 12.1 Å². The molecule has 0 saturated carbocycles. The summed E-state index contributed by atoms with van der Waals surface area (Å²) in [6.07, 6.45) is 2.02. The van der Waals surface area contributed by atoms with Crippen LogP contribution in [0.3, 0.4) is 0 Å². The Balaban J connectivity index is 2.03. The highest BCUT2D eigenvalue weighted by Crippen LogP contribution is 2.67. The fourth-order valence-electron chi connectivity index (χ4n) is 5.68. The van der Waals surface area contributed by atoms with E-state index in [9.17, 15) is 24.1 Å². The molecule has 35 heavy (non-hydrogen) atoms. The van der Waals surface area contributed by atoms with Crippen molar-refractivity contribution in [2.45, 2.75) is 30.9 Å². The van der Waals surface area contributed by atoms with Gasteiger partial charge in [0.25, 0.3) is 0 Å². The lowest BCUT2D eigenvalue weighted by Gasteiger charge is -2.51. The highest BCUT2D eigenvalue weighted by molar-refractivity contribution is 8.05. The summed E-state index contributed by atoms with van der Waals surface area (Å²) in [5.41, 5.74) is 1.88. The third-order valence-electron chi connectivity index (χ3n) is 6.98. The van der Waals surface area contributed by atoms with Crippen LogP contribution >= 0.6 is 11.8 Å². The maximum atomic E-state index is 14.1. The van der Waals surface area contributed by atoms with Crippen molar-refractivity contribution in [3.05, 3.63) is 116 Å². The SMILES string of the molecule is CC1=CC2=C(C)C3=C(C(=O)OC3=C(C#N)C#N)C(c3ccc(F)cc3)(c3ccc(F)cc3)[C@]2(C)S1. The molecule has 2 aromatic carbocycles. The van der Waals surface area contributed by atoms with Crippen molar-refractivity contribution in [2.24, 2.45) is 0 Å². The molecular weight excluding hydrogens is 466 g/mol. The molecule has 0 spiro atoms. The summed E-state index contributed by atoms with van der Waals surface area (Å²) in [7, 11) is 0. The number of esters is 1. The number of allylic oxidation sites excluding steroid dienone is 4. The number of carbonyl (C=O) groups excluding carboxylic acids is 1. The van der Waals surface area contributed by atoms with E-state index in [1.165, 1.54) is 24.3 Å². The van der Waals surface area contributed by atoms with Crippen LogP contribution in [0.5, 0.6) is 0 Å². The highest BCUT2D eigenvalue weighted by Gasteiger charge is 2.64. The van der Waals surface area contributed by atoms with Crippen LogP contribution in [0.4, 0.5) is 8.78 Å². The minimum absolute atomic E-state index is 0.0846. The molecule has 0 saturated heterocycles. The van der Waals surface area contributed by atoms with Gasteiger partial charge in [-0.05, 0) is 78.3 Å². The fourth-order valence-corrected chi connectivity index (χ4v) is 7.32. The Labute approximate surface area is 205 Å². The molecule has 2 aromatic rings. The van der Waals surface area contributed by atoms with E-state index in [0.717, 1.165) is 16.1 Å². The summed E-state index contributed by atoms with van der Waals surface area (Å²) in [4.78, 5) is 14.7. The molecule has 0 fully saturated rings. The molecule has 0 amide bonds. The van der Waals surface area contributed by atoms with Gasteiger partial charge in [0.1, 0.15) is 23.8 Å². The van der Waals surface area contributed by atoms with Gasteiger partial charge in [0.15, 0.2) is 11.3 Å². The van der Waals surface area contributed by atoms with Crippen LogP contribution < -0.4 is 0 Å². The van der Waals surface area contributed by atoms with Gasteiger partial charge in [-0.25, -0.2) is 13.6 Å². The molecule has 0 radical (unpaired) electrons. The molecular formula is C28H18F2N2O2S. The molecule has 0 N–H and O–H groups in total. The maximum absolute atomic E-state index is 14.1. The Kier molecular flexibility index (Phi) is 5.09. The smallest absolute Gasteiger partial charge is 0.341 e. The molecule has 5 rings (SSSR count). The zero-order valence-electron chi connectivity index (χ0n) is 19.1. The van der Waals surface area contributed by atoms with Gasteiger partial charge in [-0.2, -0.15) is 10.5 Å². The largest absolute Gasteiger partial charge is 0.420 e. The summed E-state index contributed by atoms with van der Waals surface area (Å²) in [5, 5.41) is 19.2. The molecule has 1 atom stereocenters. The van der Waals surface area contributed by atoms with Crippen molar-refractivity contribution >= 4 is 17.7 Å². The minimum Gasteiger partial charge on any atom is -0.420 e. The minimum atomic E-state index is -1.24. The van der Waals surface area contributed by atoms with Gasteiger partial charge in [0, 0.05) is 5.57 Å².